The van der Waals surface area contributed by atoms with Crippen molar-refractivity contribution >= 4 is 0 Å². The van der Waals surface area contributed by atoms with Crippen molar-refractivity contribution < 1.29 is 4.74 Å². The van der Waals surface area contributed by atoms with E-state index < -0.39 is 0 Å². The molecular weight excluding hydrogens is 148 g/mol. The molecule has 0 unspecified atom stereocenters. The Bertz CT molecular complexity index is 193. The lowest BCUT2D eigenvalue weighted by molar-refractivity contribution is 0.306. The Labute approximate surface area is 74.4 Å². The molecule has 1 heteroatoms. The molecular formula is C11H15O. The fourth-order valence-corrected chi connectivity index (χ4v) is 1.01. The molecule has 0 amide bonds. The summed E-state index contributed by atoms with van der Waals surface area (Å²) >= 11 is 0. The lowest BCUT2D eigenvalue weighted by atomic mass is 10.3. The SMILES string of the molecule is CCCCCOc1c[c]ccc1. The van der Waals surface area contributed by atoms with Crippen LogP contribution >= 0.6 is 0 Å². The monoisotopic (exact) mass is 163 g/mol. The van der Waals surface area contributed by atoms with Crippen molar-refractivity contribution in [2.24, 2.45) is 0 Å². The molecule has 65 valence electrons. The summed E-state index contributed by atoms with van der Waals surface area (Å²) in [5, 5.41) is 0. The third-order valence-electron chi connectivity index (χ3n) is 1.70. The maximum atomic E-state index is 5.48. The number of unbranched alkanes of at least 4 members (excludes halogenated alkanes) is 2. The van der Waals surface area contributed by atoms with Crippen LogP contribution in [0, 0.1) is 6.07 Å². The maximum Gasteiger partial charge on any atom is 0.119 e. The van der Waals surface area contributed by atoms with Gasteiger partial charge in [-0.2, -0.15) is 0 Å². The van der Waals surface area contributed by atoms with Crippen LogP contribution < -0.4 is 4.74 Å². The van der Waals surface area contributed by atoms with E-state index in [-0.39, 0.29) is 0 Å². The van der Waals surface area contributed by atoms with E-state index >= 15 is 0 Å². The molecule has 0 N–H and O–H groups in total. The molecule has 12 heavy (non-hydrogen) atoms. The molecule has 0 heterocycles. The van der Waals surface area contributed by atoms with Crippen LogP contribution in [0.2, 0.25) is 0 Å². The number of hydrogen-bond acceptors (Lipinski definition) is 1. The molecule has 0 aliphatic carbocycles. The summed E-state index contributed by atoms with van der Waals surface area (Å²) in [7, 11) is 0. The average molecular weight is 163 g/mol. The van der Waals surface area contributed by atoms with Crippen LogP contribution in [-0.4, -0.2) is 6.61 Å². The molecule has 1 radical (unpaired) electrons. The number of hydrogen-bond donors (Lipinski definition) is 0. The second kappa shape index (κ2) is 5.64. The highest BCUT2D eigenvalue weighted by Crippen LogP contribution is 2.08. The van der Waals surface area contributed by atoms with E-state index in [1.165, 1.54) is 12.8 Å². The van der Waals surface area contributed by atoms with E-state index in [0.717, 1.165) is 18.8 Å². The highest BCUT2D eigenvalue weighted by Gasteiger charge is 1.90. The summed E-state index contributed by atoms with van der Waals surface area (Å²) in [4.78, 5) is 0. The van der Waals surface area contributed by atoms with Gasteiger partial charge < -0.3 is 4.74 Å². The van der Waals surface area contributed by atoms with Gasteiger partial charge in [0, 0.05) is 0 Å². The Kier molecular flexibility index (Phi) is 4.28. The van der Waals surface area contributed by atoms with Crippen molar-refractivity contribution in [1.29, 1.82) is 0 Å². The topological polar surface area (TPSA) is 9.23 Å². The molecule has 1 nitrogen and oxygen atoms in total. The Morgan fingerprint density at radius 2 is 2.33 bits per heavy atom. The van der Waals surface area contributed by atoms with Gasteiger partial charge in [-0.05, 0) is 24.6 Å². The fourth-order valence-electron chi connectivity index (χ4n) is 1.01. The van der Waals surface area contributed by atoms with Crippen molar-refractivity contribution in [3.05, 3.63) is 30.3 Å². The van der Waals surface area contributed by atoms with E-state index in [4.69, 9.17) is 4.74 Å². The van der Waals surface area contributed by atoms with Gasteiger partial charge in [0.1, 0.15) is 5.75 Å². The second-order valence-corrected chi connectivity index (χ2v) is 2.79. The quantitative estimate of drug-likeness (QED) is 0.606. The van der Waals surface area contributed by atoms with Crippen LogP contribution in [0.25, 0.3) is 0 Å². The van der Waals surface area contributed by atoms with Gasteiger partial charge >= 0.3 is 0 Å². The number of benzene rings is 1. The van der Waals surface area contributed by atoms with Gasteiger partial charge in [0.2, 0.25) is 0 Å². The van der Waals surface area contributed by atoms with Crippen LogP contribution in [-0.2, 0) is 0 Å². The van der Waals surface area contributed by atoms with Crippen molar-refractivity contribution in [1.82, 2.24) is 0 Å². The van der Waals surface area contributed by atoms with Gasteiger partial charge in [-0.25, -0.2) is 0 Å². The zero-order chi connectivity index (χ0) is 8.65. The first-order chi connectivity index (χ1) is 5.93. The van der Waals surface area contributed by atoms with Gasteiger partial charge in [0.15, 0.2) is 0 Å². The van der Waals surface area contributed by atoms with E-state index in [1.54, 1.807) is 0 Å². The molecule has 1 aromatic rings. The summed E-state index contributed by atoms with van der Waals surface area (Å²) in [6, 6.07) is 10.6. The van der Waals surface area contributed by atoms with Crippen molar-refractivity contribution in [3.8, 4) is 5.75 Å². The smallest absolute Gasteiger partial charge is 0.119 e. The minimum absolute atomic E-state index is 0.825. The predicted octanol–water partition coefficient (Wildman–Crippen LogP) is 3.06. The molecule has 0 atom stereocenters. The highest BCUT2D eigenvalue weighted by molar-refractivity contribution is 5.19. The lowest BCUT2D eigenvalue weighted by Crippen LogP contribution is -1.96. The van der Waals surface area contributed by atoms with Crippen molar-refractivity contribution in [2.75, 3.05) is 6.61 Å². The molecule has 0 fully saturated rings. The number of ether oxygens (including phenoxy) is 1. The van der Waals surface area contributed by atoms with Gasteiger partial charge in [0.05, 0.1) is 6.61 Å². The van der Waals surface area contributed by atoms with E-state index in [2.05, 4.69) is 13.0 Å². The zero-order valence-electron chi connectivity index (χ0n) is 7.55. The first-order valence-electron chi connectivity index (χ1n) is 4.52. The van der Waals surface area contributed by atoms with E-state index in [9.17, 15) is 0 Å². The Hall–Kier alpha value is -0.980. The lowest BCUT2D eigenvalue weighted by Gasteiger charge is -2.03. The van der Waals surface area contributed by atoms with Crippen LogP contribution in [0.4, 0.5) is 0 Å². The second-order valence-electron chi connectivity index (χ2n) is 2.79. The minimum atomic E-state index is 0.825. The molecule has 0 aliphatic rings. The molecule has 0 bridgehead atoms. The number of rotatable bonds is 5. The summed E-state index contributed by atoms with van der Waals surface area (Å²) in [5.41, 5.74) is 0. The molecule has 1 aromatic carbocycles. The van der Waals surface area contributed by atoms with Crippen LogP contribution in [0.1, 0.15) is 26.2 Å². The van der Waals surface area contributed by atoms with Gasteiger partial charge in [-0.15, -0.1) is 0 Å². The largest absolute Gasteiger partial charge is 0.494 e. The van der Waals surface area contributed by atoms with Crippen LogP contribution in [0.5, 0.6) is 5.75 Å². The molecule has 0 aromatic heterocycles. The van der Waals surface area contributed by atoms with Crippen molar-refractivity contribution in [3.63, 3.8) is 0 Å². The van der Waals surface area contributed by atoms with Gasteiger partial charge in [-0.3, -0.25) is 0 Å². The molecule has 0 aliphatic heterocycles. The zero-order valence-corrected chi connectivity index (χ0v) is 7.55. The Morgan fingerprint density at radius 3 is 3.00 bits per heavy atom. The molecule has 0 saturated carbocycles. The molecule has 0 saturated heterocycles. The van der Waals surface area contributed by atoms with Gasteiger partial charge in [-0.1, -0.05) is 31.9 Å². The van der Waals surface area contributed by atoms with Crippen LogP contribution in [0.3, 0.4) is 0 Å². The van der Waals surface area contributed by atoms with Crippen LogP contribution in [0.15, 0.2) is 24.3 Å². The third kappa shape index (κ3) is 3.42. The Balaban J connectivity index is 2.16. The normalized spacial score (nSPS) is 9.75. The Morgan fingerprint density at radius 1 is 1.42 bits per heavy atom. The molecule has 0 spiro atoms. The standard InChI is InChI=1S/C11H15O/c1-2-3-7-10-12-11-8-5-4-6-9-11/h4-5,8-9H,2-3,7,10H2,1H3. The van der Waals surface area contributed by atoms with E-state index in [1.807, 2.05) is 24.3 Å². The first kappa shape index (κ1) is 9.11. The predicted molar refractivity (Wildman–Crippen MR) is 50.3 cm³/mol. The average Bonchev–Trinajstić information content (AvgIpc) is 2.14. The van der Waals surface area contributed by atoms with Gasteiger partial charge in [0.25, 0.3) is 0 Å². The highest BCUT2D eigenvalue weighted by atomic mass is 16.5. The minimum Gasteiger partial charge on any atom is -0.494 e. The summed E-state index contributed by atoms with van der Waals surface area (Å²) in [6.07, 6.45) is 3.63. The summed E-state index contributed by atoms with van der Waals surface area (Å²) in [5.74, 6) is 0.925. The van der Waals surface area contributed by atoms with E-state index in [0.29, 0.717) is 0 Å². The first-order valence-corrected chi connectivity index (χ1v) is 4.52. The summed E-state index contributed by atoms with van der Waals surface area (Å²) in [6.45, 7) is 3.02. The fraction of sp³-hybridized carbons (Fsp3) is 0.455. The van der Waals surface area contributed by atoms with Crippen molar-refractivity contribution in [2.45, 2.75) is 26.2 Å². The third-order valence-corrected chi connectivity index (χ3v) is 1.70. The molecule has 1 rings (SSSR count). The summed E-state index contributed by atoms with van der Waals surface area (Å²) < 4.78 is 5.48. The maximum absolute atomic E-state index is 5.48.